The number of carbonyl (C=O) groups excluding carboxylic acids is 12. The van der Waals surface area contributed by atoms with Gasteiger partial charge in [-0.25, -0.2) is 0 Å². The molecule has 3 aromatic rings. The summed E-state index contributed by atoms with van der Waals surface area (Å²) in [5.74, 6) is -10.7. The molecule has 0 saturated carbocycles. The van der Waals surface area contributed by atoms with Crippen molar-refractivity contribution in [2.75, 3.05) is 82.1 Å². The van der Waals surface area contributed by atoms with E-state index < -0.39 is 163 Å². The number of nitrogens with zero attached hydrogens (tertiary/aromatic N) is 8. The van der Waals surface area contributed by atoms with Gasteiger partial charge in [0.25, 0.3) is 0 Å². The zero-order chi connectivity index (χ0) is 77.6. The molecular weight excluding hydrogens is 1480 g/mol. The Labute approximate surface area is 627 Å². The first-order valence-electron chi connectivity index (χ1n) is 35.5. The van der Waals surface area contributed by atoms with Crippen molar-refractivity contribution in [3.63, 3.8) is 0 Å². The lowest BCUT2D eigenvalue weighted by atomic mass is 9.95. The molecule has 0 radical (unpaired) electrons. The third-order valence-corrected chi connectivity index (χ3v) is 20.0. The molecule has 5 rings (SSSR count). The highest BCUT2D eigenvalue weighted by molar-refractivity contribution is 14.1. The Hall–Kier alpha value is -8.09. The lowest BCUT2D eigenvalue weighted by Gasteiger charge is -2.38. The molecule has 2 aliphatic heterocycles. The van der Waals surface area contributed by atoms with Gasteiger partial charge in [0.2, 0.25) is 70.9 Å². The summed E-state index contributed by atoms with van der Waals surface area (Å²) < 4.78 is 45.2. The second kappa shape index (κ2) is 40.4. The highest BCUT2D eigenvalue weighted by Crippen LogP contribution is 2.26. The third-order valence-electron chi connectivity index (χ3n) is 19.0. The average Bonchev–Trinajstić information content (AvgIpc) is 0.810. The number of nitrogens with one attached hydrogen (secondary N) is 4. The molecule has 12 amide bonds. The zero-order valence-electron chi connectivity index (χ0n) is 62.3. The van der Waals surface area contributed by atoms with Crippen LogP contribution in [0.1, 0.15) is 129 Å². The molecule has 104 heavy (non-hydrogen) atoms. The summed E-state index contributed by atoms with van der Waals surface area (Å²) >= 11 is 8.34. The molecule has 574 valence electrons. The number of benzene rings is 3. The van der Waals surface area contributed by atoms with Gasteiger partial charge in [-0.2, -0.15) is 0 Å². The van der Waals surface area contributed by atoms with Crippen molar-refractivity contribution in [3.05, 3.63) is 98.1 Å². The van der Waals surface area contributed by atoms with E-state index in [-0.39, 0.29) is 55.9 Å². The van der Waals surface area contributed by atoms with Crippen molar-refractivity contribution in [1.82, 2.24) is 60.5 Å². The number of unbranched alkanes of at least 4 members (excludes halogenated alkanes) is 1. The number of hydrogen-bond donors (Lipinski definition) is 4. The van der Waals surface area contributed by atoms with Crippen LogP contribution in [0.15, 0.2) is 72.8 Å². The Morgan fingerprint density at radius 3 is 1.68 bits per heavy atom. The quantitative estimate of drug-likeness (QED) is 0.109. The second-order valence-electron chi connectivity index (χ2n) is 28.3. The molecule has 9 atom stereocenters. The standard InChI is InChI=1S/C74H105ClF3IN12O13/c1-15-17-24-54-69(99)89(13)58(39-49-27-31-53(32-28-49)104-74(76,77)78)67(97)82-56(35-45(3)4)70(100)90(14)60(72(102)91-33-19-18-20-34-91)41-62(93)87(11)57(36-46(5)6)68(98)83-65(47(7)16-2)73(103)86(10)43-63(94)84(8)44-64(95)88(12)59(40-48-25-29-51(75)30-26-48)71(101)85(9)42-61(92)80-55(66(96)81-54)38-50-22-21-23-52(79)37-50/h21-23,25-32,37,45-47,54-60,65H,15-20,24,33-36,38-44H2,1-14H3,(H,80,92)(H,81,96)(H,82,97)(H,83,98)/t47-,54-,55-,56-,57-,58-,59-,60?,65-/m0/s1. The van der Waals surface area contributed by atoms with E-state index in [0.29, 0.717) is 61.3 Å². The fourth-order valence-corrected chi connectivity index (χ4v) is 13.3. The zero-order valence-corrected chi connectivity index (χ0v) is 65.2. The Bertz CT molecular complexity index is 3470. The van der Waals surface area contributed by atoms with Crippen LogP contribution in [0.25, 0.3) is 0 Å². The minimum absolute atomic E-state index is 0.00659. The van der Waals surface area contributed by atoms with E-state index in [1.54, 1.807) is 75.1 Å². The topological polar surface area (TPSA) is 288 Å². The molecule has 2 heterocycles. The monoisotopic (exact) mass is 1590 g/mol. The first kappa shape index (κ1) is 86.6. The summed E-state index contributed by atoms with van der Waals surface area (Å²) in [6.45, 7) is 11.4. The summed E-state index contributed by atoms with van der Waals surface area (Å²) in [6.07, 6.45) is -2.98. The first-order valence-corrected chi connectivity index (χ1v) is 36.9. The van der Waals surface area contributed by atoms with E-state index in [2.05, 4.69) is 48.6 Å². The largest absolute Gasteiger partial charge is 0.573 e. The summed E-state index contributed by atoms with van der Waals surface area (Å²) in [6, 6.07) is 7.00. The Morgan fingerprint density at radius 1 is 0.558 bits per heavy atom. The van der Waals surface area contributed by atoms with Crippen molar-refractivity contribution in [3.8, 4) is 5.75 Å². The molecule has 2 aliphatic rings. The van der Waals surface area contributed by atoms with Gasteiger partial charge in [0, 0.05) is 90.3 Å². The highest BCUT2D eigenvalue weighted by Gasteiger charge is 2.43. The van der Waals surface area contributed by atoms with Gasteiger partial charge in [0.05, 0.1) is 26.1 Å². The third kappa shape index (κ3) is 25.9. The molecule has 4 N–H and O–H groups in total. The Morgan fingerprint density at radius 2 is 1.11 bits per heavy atom. The van der Waals surface area contributed by atoms with E-state index in [4.69, 9.17) is 11.6 Å². The van der Waals surface area contributed by atoms with Gasteiger partial charge in [-0.15, -0.1) is 13.2 Å². The molecule has 30 heteroatoms. The van der Waals surface area contributed by atoms with Gasteiger partial charge in [-0.05, 0) is 132 Å². The number of alkyl halides is 3. The van der Waals surface area contributed by atoms with Crippen LogP contribution in [0, 0.1) is 21.3 Å². The fraction of sp³-hybridized carbons (Fsp3) is 0.595. The molecule has 2 saturated heterocycles. The smallest absolute Gasteiger partial charge is 0.406 e. The number of piperidine rings is 1. The molecule has 0 aliphatic carbocycles. The van der Waals surface area contributed by atoms with Crippen molar-refractivity contribution in [1.29, 1.82) is 0 Å². The number of carbonyl (C=O) groups is 12. The number of amides is 12. The van der Waals surface area contributed by atoms with Crippen molar-refractivity contribution < 1.29 is 75.4 Å². The fourth-order valence-electron chi connectivity index (χ4n) is 12.5. The van der Waals surface area contributed by atoms with E-state index >= 15 is 24.0 Å². The first-order chi connectivity index (χ1) is 48.8. The van der Waals surface area contributed by atoms with Gasteiger partial charge in [0.1, 0.15) is 54.1 Å². The number of likely N-dealkylation sites (tertiary alicyclic amines) is 1. The van der Waals surface area contributed by atoms with Crippen LogP contribution in [-0.2, 0) is 76.8 Å². The normalized spacial score (nSPS) is 23.1. The van der Waals surface area contributed by atoms with Crippen molar-refractivity contribution in [2.24, 2.45) is 17.8 Å². The maximum Gasteiger partial charge on any atom is 0.573 e. The number of hydrogen-bond acceptors (Lipinski definition) is 13. The molecule has 3 aromatic carbocycles. The molecule has 0 aromatic heterocycles. The van der Waals surface area contributed by atoms with E-state index in [1.165, 1.54) is 66.4 Å². The summed E-state index contributed by atoms with van der Waals surface area (Å²) in [4.78, 5) is 188. The second-order valence-corrected chi connectivity index (χ2v) is 30.0. The summed E-state index contributed by atoms with van der Waals surface area (Å²) in [7, 11) is 9.42. The lowest BCUT2D eigenvalue weighted by molar-refractivity contribution is -0.274. The van der Waals surface area contributed by atoms with Crippen LogP contribution in [0.3, 0.4) is 0 Å². The van der Waals surface area contributed by atoms with Gasteiger partial charge in [-0.1, -0.05) is 116 Å². The number of rotatable bonds is 17. The Balaban J connectivity index is 1.69. The summed E-state index contributed by atoms with van der Waals surface area (Å²) in [5.41, 5.74) is 1.40. The van der Waals surface area contributed by atoms with Crippen LogP contribution >= 0.6 is 34.2 Å². The molecule has 2 fully saturated rings. The van der Waals surface area contributed by atoms with Crippen LogP contribution in [-0.4, -0.2) is 247 Å². The average molecular weight is 1590 g/mol. The highest BCUT2D eigenvalue weighted by atomic mass is 127. The van der Waals surface area contributed by atoms with Crippen LogP contribution in [0.2, 0.25) is 5.02 Å². The van der Waals surface area contributed by atoms with Gasteiger partial charge in [-0.3, -0.25) is 57.5 Å². The molecule has 0 spiro atoms. The van der Waals surface area contributed by atoms with Crippen LogP contribution in [0.5, 0.6) is 5.75 Å². The van der Waals surface area contributed by atoms with Gasteiger partial charge in [0.15, 0.2) is 0 Å². The predicted octanol–water partition coefficient (Wildman–Crippen LogP) is 6.24. The van der Waals surface area contributed by atoms with Crippen molar-refractivity contribution >= 4 is 105 Å². The molecular formula is C74H105ClF3IN12O13. The molecule has 0 bridgehead atoms. The SMILES string of the molecule is CCCC[C@@H]1NC(=O)[C@H](Cc2cccc(I)c2)NC(=O)CN(C)C(=O)[C@H](Cc2ccc(Cl)cc2)N(C)C(=O)CN(C)C(=O)CN(C)C(=O)[C@H]([C@@H](C)CC)NC(=O)[C@H](CC(C)C)N(C)C(=O)CC(C(=O)N2CCCCC2)N(C)C(=O)[C@H](CC(C)C)NC(=O)[C@H](Cc2ccc(OC(F)(F)F)cc2)N(C)C1=O. The number of likely N-dealkylation sites (N-methyl/N-ethyl adjacent to an activating group) is 7. The van der Waals surface area contributed by atoms with Gasteiger partial charge < -0.3 is 65.2 Å². The van der Waals surface area contributed by atoms with E-state index in [1.807, 2.05) is 26.8 Å². The lowest BCUT2D eigenvalue weighted by Crippen LogP contribution is -2.61. The van der Waals surface area contributed by atoms with Gasteiger partial charge >= 0.3 is 6.36 Å². The minimum atomic E-state index is -5.05. The maximum atomic E-state index is 15.4. The molecule has 25 nitrogen and oxygen atoms in total. The van der Waals surface area contributed by atoms with Crippen LogP contribution < -0.4 is 26.0 Å². The predicted molar refractivity (Wildman–Crippen MR) is 395 cm³/mol. The summed E-state index contributed by atoms with van der Waals surface area (Å²) in [5, 5.41) is 11.7. The van der Waals surface area contributed by atoms with E-state index in [0.717, 1.165) is 51.5 Å². The van der Waals surface area contributed by atoms with Crippen molar-refractivity contribution in [2.45, 2.75) is 187 Å². The van der Waals surface area contributed by atoms with Crippen LogP contribution in [0.4, 0.5) is 13.2 Å². The Kier molecular flexibility index (Phi) is 33.6. The molecule has 1 unspecified atom stereocenters. The van der Waals surface area contributed by atoms with E-state index in [9.17, 15) is 46.7 Å². The minimum Gasteiger partial charge on any atom is -0.406 e. The maximum absolute atomic E-state index is 15.4. The number of ether oxygens (including phenoxy) is 1. The number of halogens is 5.